The summed E-state index contributed by atoms with van der Waals surface area (Å²) in [6.45, 7) is 2.32. The van der Waals surface area contributed by atoms with E-state index in [9.17, 15) is 4.79 Å². The summed E-state index contributed by atoms with van der Waals surface area (Å²) in [7, 11) is 4.20. The van der Waals surface area contributed by atoms with Gasteiger partial charge in [0.25, 0.3) is 0 Å². The lowest BCUT2D eigenvalue weighted by Gasteiger charge is -2.44. The van der Waals surface area contributed by atoms with Crippen molar-refractivity contribution in [1.82, 2.24) is 4.90 Å². The van der Waals surface area contributed by atoms with Gasteiger partial charge in [-0.2, -0.15) is 0 Å². The van der Waals surface area contributed by atoms with E-state index in [1.165, 1.54) is 25.7 Å². The third-order valence-corrected chi connectivity index (χ3v) is 5.14. The quantitative estimate of drug-likeness (QED) is 0.751. The van der Waals surface area contributed by atoms with Crippen molar-refractivity contribution in [3.05, 3.63) is 0 Å². The Morgan fingerprint density at radius 2 is 1.59 bits per heavy atom. The molecule has 17 heavy (non-hydrogen) atoms. The Hall–Kier alpha value is -0.370. The molecule has 0 radical (unpaired) electrons. The summed E-state index contributed by atoms with van der Waals surface area (Å²) in [6.07, 6.45) is 9.40. The van der Waals surface area contributed by atoms with Gasteiger partial charge >= 0.3 is 0 Å². The molecular weight excluding hydrogens is 210 g/mol. The van der Waals surface area contributed by atoms with E-state index >= 15 is 0 Å². The maximum atomic E-state index is 12.8. The Bertz CT molecular complexity index is 271. The van der Waals surface area contributed by atoms with Crippen molar-refractivity contribution < 1.29 is 4.79 Å². The normalized spacial score (nSPS) is 35.4. The third-order valence-electron chi connectivity index (χ3n) is 5.14. The van der Waals surface area contributed by atoms with Crippen LogP contribution in [0.1, 0.15) is 58.3 Å². The first-order chi connectivity index (χ1) is 8.06. The van der Waals surface area contributed by atoms with Crippen LogP contribution >= 0.6 is 0 Å². The van der Waals surface area contributed by atoms with Crippen LogP contribution in [-0.4, -0.2) is 30.3 Å². The first-order valence-corrected chi connectivity index (χ1v) is 7.28. The lowest BCUT2D eigenvalue weighted by molar-refractivity contribution is -0.136. The minimum atomic E-state index is -0.123. The summed E-state index contributed by atoms with van der Waals surface area (Å²) in [5.74, 6) is 1.73. The second-order valence-corrected chi connectivity index (χ2v) is 6.45. The van der Waals surface area contributed by atoms with Crippen LogP contribution in [0.2, 0.25) is 0 Å². The maximum Gasteiger partial charge on any atom is 0.156 e. The molecule has 0 amide bonds. The number of hydrogen-bond donors (Lipinski definition) is 0. The van der Waals surface area contributed by atoms with E-state index in [4.69, 9.17) is 0 Å². The van der Waals surface area contributed by atoms with Crippen LogP contribution in [0, 0.1) is 11.8 Å². The van der Waals surface area contributed by atoms with Crippen LogP contribution in [0.3, 0.4) is 0 Å². The predicted octanol–water partition coefficient (Wildman–Crippen LogP) is 3.26. The van der Waals surface area contributed by atoms with Gasteiger partial charge in [0, 0.05) is 5.92 Å². The van der Waals surface area contributed by atoms with E-state index in [0.29, 0.717) is 11.7 Å². The molecule has 0 aliphatic heterocycles. The molecule has 2 rings (SSSR count). The summed E-state index contributed by atoms with van der Waals surface area (Å²) >= 11 is 0. The summed E-state index contributed by atoms with van der Waals surface area (Å²) in [6, 6.07) is 0. The first kappa shape index (κ1) is 13.1. The zero-order chi connectivity index (χ0) is 12.5. The van der Waals surface area contributed by atoms with Crippen LogP contribution in [0.15, 0.2) is 0 Å². The van der Waals surface area contributed by atoms with Crippen molar-refractivity contribution in [2.45, 2.75) is 63.8 Å². The zero-order valence-corrected chi connectivity index (χ0v) is 11.7. The smallest absolute Gasteiger partial charge is 0.156 e. The van der Waals surface area contributed by atoms with Gasteiger partial charge in [-0.15, -0.1) is 0 Å². The van der Waals surface area contributed by atoms with Crippen molar-refractivity contribution >= 4 is 5.78 Å². The summed E-state index contributed by atoms with van der Waals surface area (Å²) in [5.41, 5.74) is -0.123. The van der Waals surface area contributed by atoms with E-state index in [1.807, 2.05) is 0 Å². The fourth-order valence-electron chi connectivity index (χ4n) is 3.72. The molecule has 2 nitrogen and oxygen atoms in total. The van der Waals surface area contributed by atoms with Gasteiger partial charge in [0.05, 0.1) is 5.54 Å². The van der Waals surface area contributed by atoms with E-state index in [-0.39, 0.29) is 5.54 Å². The second kappa shape index (κ2) is 5.09. The molecule has 2 aliphatic carbocycles. The molecule has 2 fully saturated rings. The number of rotatable bonds is 3. The minimum Gasteiger partial charge on any atom is -0.297 e. The molecule has 0 aromatic rings. The lowest BCUT2D eigenvalue weighted by atomic mass is 9.71. The van der Waals surface area contributed by atoms with Gasteiger partial charge in [0.15, 0.2) is 5.78 Å². The van der Waals surface area contributed by atoms with Gasteiger partial charge in [-0.1, -0.05) is 19.8 Å². The average molecular weight is 237 g/mol. The van der Waals surface area contributed by atoms with Crippen molar-refractivity contribution in [1.29, 1.82) is 0 Å². The fraction of sp³-hybridized carbons (Fsp3) is 0.933. The van der Waals surface area contributed by atoms with Gasteiger partial charge < -0.3 is 0 Å². The molecular formula is C15H27NO. The maximum absolute atomic E-state index is 12.8. The number of likely N-dealkylation sites (N-methyl/N-ethyl adjacent to an activating group) is 1. The van der Waals surface area contributed by atoms with Gasteiger partial charge in [-0.05, 0) is 58.5 Å². The van der Waals surface area contributed by atoms with Gasteiger partial charge in [0.1, 0.15) is 0 Å². The van der Waals surface area contributed by atoms with Crippen molar-refractivity contribution in [3.8, 4) is 0 Å². The first-order valence-electron chi connectivity index (χ1n) is 7.28. The topological polar surface area (TPSA) is 20.3 Å². The molecule has 98 valence electrons. The summed E-state index contributed by atoms with van der Waals surface area (Å²) in [4.78, 5) is 15.1. The zero-order valence-electron chi connectivity index (χ0n) is 11.7. The van der Waals surface area contributed by atoms with Gasteiger partial charge in [-0.25, -0.2) is 0 Å². The Kier molecular flexibility index (Phi) is 3.92. The van der Waals surface area contributed by atoms with Crippen LogP contribution in [-0.2, 0) is 4.79 Å². The number of Topliss-reactive ketones (excluding diaryl/α,β-unsaturated/α-hetero) is 1. The lowest BCUT2D eigenvalue weighted by Crippen LogP contribution is -2.55. The standard InChI is InChI=1S/C15H27NO/c1-12-8-10-15(11-9-12,16(2)3)14(17)13-6-4-5-7-13/h12-13H,4-11H2,1-3H3. The minimum absolute atomic E-state index is 0.123. The number of carbonyl (C=O) groups excluding carboxylic acids is 1. The Morgan fingerprint density at radius 1 is 1.06 bits per heavy atom. The average Bonchev–Trinajstić information content (AvgIpc) is 2.82. The molecule has 0 N–H and O–H groups in total. The summed E-state index contributed by atoms with van der Waals surface area (Å²) < 4.78 is 0. The predicted molar refractivity (Wildman–Crippen MR) is 71.0 cm³/mol. The van der Waals surface area contributed by atoms with Crippen LogP contribution in [0.4, 0.5) is 0 Å². The monoisotopic (exact) mass is 237 g/mol. The SMILES string of the molecule is CC1CCC(C(=O)C2CCCC2)(N(C)C)CC1. The van der Waals surface area contributed by atoms with Crippen LogP contribution < -0.4 is 0 Å². The Balaban J connectivity index is 2.13. The molecule has 0 spiro atoms. The van der Waals surface area contributed by atoms with Crippen molar-refractivity contribution in [3.63, 3.8) is 0 Å². The highest BCUT2D eigenvalue weighted by atomic mass is 16.1. The molecule has 2 heteroatoms. The highest BCUT2D eigenvalue weighted by molar-refractivity contribution is 5.90. The molecule has 2 aliphatic rings. The molecule has 0 aromatic heterocycles. The molecule has 2 saturated carbocycles. The molecule has 0 heterocycles. The number of nitrogens with zero attached hydrogens (tertiary/aromatic N) is 1. The molecule has 0 unspecified atom stereocenters. The van der Waals surface area contributed by atoms with E-state index in [1.54, 1.807) is 0 Å². The van der Waals surface area contributed by atoms with Crippen molar-refractivity contribution in [2.24, 2.45) is 11.8 Å². The number of ketones is 1. The largest absolute Gasteiger partial charge is 0.297 e. The molecule has 0 bridgehead atoms. The van der Waals surface area contributed by atoms with Crippen LogP contribution in [0.25, 0.3) is 0 Å². The fourth-order valence-corrected chi connectivity index (χ4v) is 3.72. The number of carbonyl (C=O) groups is 1. The van der Waals surface area contributed by atoms with Gasteiger partial charge in [-0.3, -0.25) is 9.69 Å². The highest BCUT2D eigenvalue weighted by Crippen LogP contribution is 2.40. The van der Waals surface area contributed by atoms with E-state index < -0.39 is 0 Å². The highest BCUT2D eigenvalue weighted by Gasteiger charge is 2.45. The van der Waals surface area contributed by atoms with E-state index in [0.717, 1.165) is 31.6 Å². The Morgan fingerprint density at radius 3 is 2.06 bits per heavy atom. The van der Waals surface area contributed by atoms with Crippen molar-refractivity contribution in [2.75, 3.05) is 14.1 Å². The third kappa shape index (κ3) is 2.42. The van der Waals surface area contributed by atoms with Gasteiger partial charge in [0.2, 0.25) is 0 Å². The van der Waals surface area contributed by atoms with E-state index in [2.05, 4.69) is 25.9 Å². The molecule has 0 aromatic carbocycles. The molecule has 0 saturated heterocycles. The second-order valence-electron chi connectivity index (χ2n) is 6.45. The molecule has 0 atom stereocenters. The number of hydrogen-bond acceptors (Lipinski definition) is 2. The summed E-state index contributed by atoms with van der Waals surface area (Å²) in [5, 5.41) is 0. The Labute approximate surface area is 106 Å². The van der Waals surface area contributed by atoms with Crippen LogP contribution in [0.5, 0.6) is 0 Å².